The van der Waals surface area contributed by atoms with Gasteiger partial charge in [0.2, 0.25) is 0 Å². The highest BCUT2D eigenvalue weighted by Gasteiger charge is 2.45. The molecule has 2 atom stereocenters. The van der Waals surface area contributed by atoms with Gasteiger partial charge in [-0.1, -0.05) is 20.8 Å². The van der Waals surface area contributed by atoms with Crippen LogP contribution in [-0.4, -0.2) is 92.8 Å². The molecule has 2 aliphatic rings. The Balaban J connectivity index is 1.74. The van der Waals surface area contributed by atoms with E-state index in [-0.39, 0.29) is 35.8 Å². The molecule has 1 aromatic rings. The third-order valence-corrected chi connectivity index (χ3v) is 13.3. The molecule has 2 bridgehead atoms. The minimum atomic E-state index is -1.80. The predicted molar refractivity (Wildman–Crippen MR) is 156 cm³/mol. The van der Waals surface area contributed by atoms with Crippen LogP contribution in [0.15, 0.2) is 11.8 Å². The minimum Gasteiger partial charge on any atom is -0.463 e. The van der Waals surface area contributed by atoms with Gasteiger partial charge < -0.3 is 23.5 Å². The van der Waals surface area contributed by atoms with Gasteiger partial charge in [0.05, 0.1) is 42.9 Å². The van der Waals surface area contributed by atoms with Crippen LogP contribution in [-0.2, 0) is 30.0 Å². The fourth-order valence-corrected chi connectivity index (χ4v) is 6.48. The van der Waals surface area contributed by atoms with Crippen molar-refractivity contribution in [3.8, 4) is 0 Å². The van der Waals surface area contributed by atoms with Gasteiger partial charge in [0, 0.05) is 25.3 Å². The number of likely N-dealkylation sites (N-methyl/N-ethyl adjacent to an activating group) is 1. The third-order valence-electron chi connectivity index (χ3n) is 7.71. The van der Waals surface area contributed by atoms with Crippen LogP contribution in [0.2, 0.25) is 18.1 Å². The smallest absolute Gasteiger partial charge is 0.410 e. The molecule has 0 spiro atoms. The number of piperazine rings is 1. The van der Waals surface area contributed by atoms with Gasteiger partial charge in [-0.25, -0.2) is 14.6 Å². The number of amides is 1. The molecule has 0 radical (unpaired) electrons. The highest BCUT2D eigenvalue weighted by Crippen LogP contribution is 2.40. The second kappa shape index (κ2) is 12.4. The summed E-state index contributed by atoms with van der Waals surface area (Å²) in [6, 6.07) is -0.230. The lowest BCUT2D eigenvalue weighted by Gasteiger charge is -2.49. The first-order valence-corrected chi connectivity index (χ1v) is 17.5. The molecule has 11 heteroatoms. The zero-order valence-electron chi connectivity index (χ0n) is 25.4. The quantitative estimate of drug-likeness (QED) is 0.220. The Morgan fingerprint density at radius 3 is 2.44 bits per heavy atom. The van der Waals surface area contributed by atoms with Crippen molar-refractivity contribution < 1.29 is 28.2 Å². The minimum absolute atomic E-state index is 0.0544. The van der Waals surface area contributed by atoms with Crippen molar-refractivity contribution in [3.05, 3.63) is 21.7 Å². The average Bonchev–Trinajstić information content (AvgIpc) is 3.25. The van der Waals surface area contributed by atoms with Crippen LogP contribution in [0.25, 0.3) is 5.57 Å². The molecule has 0 saturated carbocycles. The summed E-state index contributed by atoms with van der Waals surface area (Å²) >= 11 is 1.54. The van der Waals surface area contributed by atoms with Crippen molar-refractivity contribution in [3.63, 3.8) is 0 Å². The summed E-state index contributed by atoms with van der Waals surface area (Å²) in [6.07, 6.45) is 2.09. The maximum absolute atomic E-state index is 13.2. The Morgan fingerprint density at radius 1 is 1.13 bits per heavy atom. The normalized spacial score (nSPS) is 20.8. The van der Waals surface area contributed by atoms with Gasteiger partial charge in [0.15, 0.2) is 8.32 Å². The monoisotopic (exact) mass is 581 g/mol. The van der Waals surface area contributed by atoms with Crippen LogP contribution < -0.4 is 0 Å². The van der Waals surface area contributed by atoms with Crippen LogP contribution in [0.5, 0.6) is 0 Å². The lowest BCUT2D eigenvalue weighted by molar-refractivity contribution is -0.140. The largest absolute Gasteiger partial charge is 0.463 e. The first-order valence-electron chi connectivity index (χ1n) is 13.8. The number of hydrogen-bond acceptors (Lipinski definition) is 9. The van der Waals surface area contributed by atoms with Crippen LogP contribution in [0.4, 0.5) is 4.79 Å². The van der Waals surface area contributed by atoms with Gasteiger partial charge in [-0.05, 0) is 64.9 Å². The lowest BCUT2D eigenvalue weighted by Crippen LogP contribution is -2.62. The zero-order valence-corrected chi connectivity index (χ0v) is 27.2. The first-order chi connectivity index (χ1) is 18.0. The molecule has 220 valence electrons. The van der Waals surface area contributed by atoms with Crippen molar-refractivity contribution in [2.45, 2.75) is 97.3 Å². The van der Waals surface area contributed by atoms with Crippen LogP contribution >= 0.6 is 11.3 Å². The Hall–Kier alpha value is -1.79. The van der Waals surface area contributed by atoms with E-state index in [1.54, 1.807) is 23.2 Å². The highest BCUT2D eigenvalue weighted by atomic mass is 32.1. The lowest BCUT2D eigenvalue weighted by atomic mass is 9.85. The van der Waals surface area contributed by atoms with E-state index in [4.69, 9.17) is 18.6 Å². The number of nitrogens with zero attached hydrogens (tertiary/aromatic N) is 3. The molecule has 2 unspecified atom stereocenters. The fourth-order valence-electron chi connectivity index (χ4n) is 4.53. The molecule has 1 fully saturated rings. The molecule has 39 heavy (non-hydrogen) atoms. The van der Waals surface area contributed by atoms with Gasteiger partial charge in [-0.3, -0.25) is 4.90 Å². The summed E-state index contributed by atoms with van der Waals surface area (Å²) in [5, 5.41) is 1.02. The molecule has 3 rings (SSSR count). The summed E-state index contributed by atoms with van der Waals surface area (Å²) in [7, 11) is 0.211. The molecule has 3 heterocycles. The second-order valence-corrected chi connectivity index (χ2v) is 18.7. The van der Waals surface area contributed by atoms with E-state index >= 15 is 0 Å². The molecule has 2 aliphatic heterocycles. The molecule has 0 N–H and O–H groups in total. The summed E-state index contributed by atoms with van der Waals surface area (Å²) in [5.74, 6) is -0.345. The fraction of sp³-hybridized carbons (Fsp3) is 0.750. The standard InChI is InChI=1S/C28H47N3O6SSi/c1-11-35-25(32)24-20(14-19-16-31(17-21(24)30(19)8)26(33)37-27(2,3)4)22-15-29-23(38-22)18-34-12-13-36-39(9,10)28(5,6)7/h15,19,21H,11-14,16-18H2,1-10H3. The van der Waals surface area contributed by atoms with Gasteiger partial charge in [0.1, 0.15) is 10.6 Å². The van der Waals surface area contributed by atoms with Gasteiger partial charge in [0.25, 0.3) is 0 Å². The maximum Gasteiger partial charge on any atom is 0.410 e. The molecule has 0 aromatic carbocycles. The second-order valence-electron chi connectivity index (χ2n) is 12.8. The molecule has 1 saturated heterocycles. The van der Waals surface area contributed by atoms with Crippen molar-refractivity contribution in [1.29, 1.82) is 0 Å². The zero-order chi connectivity index (χ0) is 29.2. The van der Waals surface area contributed by atoms with Crippen molar-refractivity contribution >= 4 is 37.3 Å². The first kappa shape index (κ1) is 31.7. The predicted octanol–water partition coefficient (Wildman–Crippen LogP) is 5.32. The van der Waals surface area contributed by atoms with E-state index in [1.807, 2.05) is 34.0 Å². The van der Waals surface area contributed by atoms with Gasteiger partial charge >= 0.3 is 12.1 Å². The van der Waals surface area contributed by atoms with E-state index in [0.717, 1.165) is 15.5 Å². The van der Waals surface area contributed by atoms with E-state index in [2.05, 4.69) is 43.7 Å². The van der Waals surface area contributed by atoms with Crippen molar-refractivity contribution in [2.75, 3.05) is 40.0 Å². The van der Waals surface area contributed by atoms with Crippen molar-refractivity contribution in [2.24, 2.45) is 0 Å². The molecular weight excluding hydrogens is 534 g/mol. The Labute approximate surface area is 239 Å². The number of fused-ring (bicyclic) bond motifs is 2. The number of carbonyl (C=O) groups excluding carboxylic acids is 2. The number of aromatic nitrogens is 1. The number of esters is 1. The summed E-state index contributed by atoms with van der Waals surface area (Å²) in [5.41, 5.74) is 0.969. The van der Waals surface area contributed by atoms with E-state index in [0.29, 0.717) is 44.9 Å². The topological polar surface area (TPSA) is 90.4 Å². The third kappa shape index (κ3) is 7.91. The Kier molecular flexibility index (Phi) is 10.1. The van der Waals surface area contributed by atoms with Crippen molar-refractivity contribution in [1.82, 2.24) is 14.8 Å². The molecule has 1 aromatic heterocycles. The van der Waals surface area contributed by atoms with Crippen LogP contribution in [0, 0.1) is 0 Å². The number of rotatable bonds is 9. The number of ether oxygens (including phenoxy) is 3. The summed E-state index contributed by atoms with van der Waals surface area (Å²) in [6.45, 7) is 21.2. The molecule has 9 nitrogen and oxygen atoms in total. The molecule has 0 aliphatic carbocycles. The van der Waals surface area contributed by atoms with Gasteiger partial charge in [-0.15, -0.1) is 11.3 Å². The van der Waals surface area contributed by atoms with E-state index in [1.165, 1.54) is 0 Å². The van der Waals surface area contributed by atoms with E-state index < -0.39 is 13.9 Å². The van der Waals surface area contributed by atoms with Gasteiger partial charge in [-0.2, -0.15) is 0 Å². The van der Waals surface area contributed by atoms with E-state index in [9.17, 15) is 9.59 Å². The molecular formula is C28H47N3O6SSi. The SMILES string of the molecule is CCOC(=O)C1=C(c2cnc(COCCO[Si](C)(C)C(C)(C)C)s2)CC2CN(C(=O)OC(C)(C)C)CC1N2C. The number of thiazole rings is 1. The van der Waals surface area contributed by atoms with Crippen LogP contribution in [0.1, 0.15) is 64.8 Å². The average molecular weight is 582 g/mol. The molecule has 1 amide bonds. The number of carbonyl (C=O) groups is 2. The summed E-state index contributed by atoms with van der Waals surface area (Å²) in [4.78, 5) is 35.6. The highest BCUT2D eigenvalue weighted by molar-refractivity contribution is 7.12. The maximum atomic E-state index is 13.2. The number of hydrogen-bond donors (Lipinski definition) is 0. The summed E-state index contributed by atoms with van der Waals surface area (Å²) < 4.78 is 23.2. The Bertz CT molecular complexity index is 1060. The Morgan fingerprint density at radius 2 is 1.82 bits per heavy atom. The van der Waals surface area contributed by atoms with Crippen LogP contribution in [0.3, 0.4) is 0 Å².